The minimum absolute atomic E-state index is 0.178. The molecule has 0 aliphatic rings. The molecule has 0 bridgehead atoms. The van der Waals surface area contributed by atoms with Gasteiger partial charge in [-0.1, -0.05) is 11.5 Å². The molecule has 0 saturated carbocycles. The second kappa shape index (κ2) is 1.69. The lowest BCUT2D eigenvalue weighted by Crippen LogP contribution is -1.97. The van der Waals surface area contributed by atoms with Gasteiger partial charge < -0.3 is 14.6 Å². The summed E-state index contributed by atoms with van der Waals surface area (Å²) < 4.78 is 4.72. The van der Waals surface area contributed by atoms with Gasteiger partial charge in [-0.05, 0) is 13.8 Å². The molecule has 0 saturated heterocycles. The highest BCUT2D eigenvalue weighted by Crippen LogP contribution is 2.28. The van der Waals surface area contributed by atoms with E-state index in [-0.39, 0.29) is 11.5 Å². The van der Waals surface area contributed by atoms with E-state index >= 15 is 0 Å². The molecule has 3 nitrogen and oxygen atoms in total. The Labute approximate surface area is 52.5 Å². The van der Waals surface area contributed by atoms with Crippen molar-refractivity contribution in [3.05, 3.63) is 11.5 Å². The highest BCUT2D eigenvalue weighted by atomic mass is 16.4. The van der Waals surface area contributed by atoms with E-state index in [9.17, 15) is 10.2 Å². The van der Waals surface area contributed by atoms with E-state index in [0.717, 1.165) is 0 Å². The summed E-state index contributed by atoms with van der Waals surface area (Å²) >= 11 is 0. The van der Waals surface area contributed by atoms with Gasteiger partial charge in [-0.25, -0.2) is 0 Å². The Kier molecular flexibility index (Phi) is 1.12. The van der Waals surface area contributed by atoms with Crippen LogP contribution in [0.2, 0.25) is 0 Å². The summed E-state index contributed by atoms with van der Waals surface area (Å²) in [6.45, 7) is 2.97. The van der Waals surface area contributed by atoms with Gasteiger partial charge in [0.15, 0.2) is 0 Å². The van der Waals surface area contributed by atoms with Gasteiger partial charge in [-0.3, -0.25) is 0 Å². The van der Waals surface area contributed by atoms with Gasteiger partial charge in [-0.2, -0.15) is 0 Å². The molecule has 3 heteroatoms. The summed E-state index contributed by atoms with van der Waals surface area (Å²) in [5.74, 6) is -0.685. The average molecular weight is 126 g/mol. The number of furan rings is 1. The lowest BCUT2D eigenvalue weighted by Gasteiger charge is -2.10. The first-order chi connectivity index (χ1) is 4.13. The molecule has 1 aromatic rings. The van der Waals surface area contributed by atoms with Crippen LogP contribution in [0.5, 0.6) is 11.5 Å². The third-order valence-electron chi connectivity index (χ3n) is 1.15. The average Bonchev–Trinajstić information content (AvgIpc) is 1.98. The van der Waals surface area contributed by atoms with E-state index in [0.29, 0.717) is 0 Å². The normalized spacial score (nSPS) is 10.0. The molecule has 0 aromatic carbocycles. The molecule has 0 amide bonds. The van der Waals surface area contributed by atoms with Crippen LogP contribution in [0.3, 0.4) is 0 Å². The van der Waals surface area contributed by atoms with E-state index in [1.165, 1.54) is 13.8 Å². The Morgan fingerprint density at radius 1 is 1.00 bits per heavy atom. The number of hydrogen-bond donors (Lipinski definition) is 0. The molecule has 1 rings (SSSR count). The lowest BCUT2D eigenvalue weighted by molar-refractivity contribution is -0.317. The second-order valence-electron chi connectivity index (χ2n) is 1.87. The molecule has 1 aromatic heterocycles. The Morgan fingerprint density at radius 2 is 1.33 bits per heavy atom. The van der Waals surface area contributed by atoms with Crippen LogP contribution >= 0.6 is 0 Å². The predicted octanol–water partition coefficient (Wildman–Crippen LogP) is 0.0436. The topological polar surface area (TPSA) is 59.3 Å². The first kappa shape index (κ1) is 6.01. The second-order valence-corrected chi connectivity index (χ2v) is 1.87. The van der Waals surface area contributed by atoms with Crippen molar-refractivity contribution in [1.29, 1.82) is 0 Å². The highest BCUT2D eigenvalue weighted by molar-refractivity contribution is 5.40. The molecular weight excluding hydrogens is 120 g/mol. The molecule has 0 N–H and O–H groups in total. The fourth-order valence-corrected chi connectivity index (χ4v) is 0.642. The molecule has 9 heavy (non-hydrogen) atoms. The van der Waals surface area contributed by atoms with Crippen molar-refractivity contribution in [2.45, 2.75) is 13.8 Å². The maximum atomic E-state index is 10.6. The number of rotatable bonds is 0. The van der Waals surface area contributed by atoms with E-state index in [2.05, 4.69) is 0 Å². The number of hydrogen-bond acceptors (Lipinski definition) is 3. The molecule has 50 valence electrons. The van der Waals surface area contributed by atoms with Crippen molar-refractivity contribution < 1.29 is 14.6 Å². The molecule has 0 spiro atoms. The molecule has 0 atom stereocenters. The Balaban J connectivity index is 3.29. The van der Waals surface area contributed by atoms with Crippen molar-refractivity contribution in [2.24, 2.45) is 0 Å². The third kappa shape index (κ3) is 0.740. The standard InChI is InChI=1S/C6H8O3/c1-3-5(7)6(8)4(2)9-3/h7-8H,1-2H3/p-2. The van der Waals surface area contributed by atoms with Gasteiger partial charge in [0.1, 0.15) is 0 Å². The summed E-state index contributed by atoms with van der Waals surface area (Å²) in [6, 6.07) is 0. The van der Waals surface area contributed by atoms with Crippen LogP contribution in [0.4, 0.5) is 0 Å². The smallest absolute Gasteiger partial charge is 0.0921 e. The van der Waals surface area contributed by atoms with Gasteiger partial charge in [0.25, 0.3) is 0 Å². The summed E-state index contributed by atoms with van der Waals surface area (Å²) in [6.07, 6.45) is 0. The molecule has 1 heterocycles. The van der Waals surface area contributed by atoms with Gasteiger partial charge in [0, 0.05) is 0 Å². The minimum Gasteiger partial charge on any atom is -0.871 e. The van der Waals surface area contributed by atoms with Crippen molar-refractivity contribution >= 4 is 0 Å². The van der Waals surface area contributed by atoms with E-state index in [4.69, 9.17) is 4.42 Å². The third-order valence-corrected chi connectivity index (χ3v) is 1.15. The molecule has 0 radical (unpaired) electrons. The zero-order chi connectivity index (χ0) is 7.02. The SMILES string of the molecule is Cc1oc(C)c([O-])c1[O-]. The largest absolute Gasteiger partial charge is 0.871 e. The maximum absolute atomic E-state index is 10.6. The van der Waals surface area contributed by atoms with Gasteiger partial charge in [0.05, 0.1) is 11.5 Å². The van der Waals surface area contributed by atoms with Gasteiger partial charge in [-0.15, -0.1) is 0 Å². The van der Waals surface area contributed by atoms with Crippen LogP contribution in [0.15, 0.2) is 4.42 Å². The van der Waals surface area contributed by atoms with Crippen LogP contribution < -0.4 is 10.2 Å². The quantitative estimate of drug-likeness (QED) is 0.493. The van der Waals surface area contributed by atoms with E-state index < -0.39 is 11.5 Å². The molecule has 0 aliphatic carbocycles. The van der Waals surface area contributed by atoms with Crippen LogP contribution in [0.1, 0.15) is 11.5 Å². The summed E-state index contributed by atoms with van der Waals surface area (Å²) in [5, 5.41) is 21.2. The number of aryl methyl sites for hydroxylation is 2. The fourth-order valence-electron chi connectivity index (χ4n) is 0.642. The summed E-state index contributed by atoms with van der Waals surface area (Å²) in [4.78, 5) is 0. The maximum Gasteiger partial charge on any atom is 0.0921 e. The summed E-state index contributed by atoms with van der Waals surface area (Å²) in [5.41, 5.74) is 0. The van der Waals surface area contributed by atoms with Crippen molar-refractivity contribution in [1.82, 2.24) is 0 Å². The van der Waals surface area contributed by atoms with Crippen molar-refractivity contribution in [2.75, 3.05) is 0 Å². The Bertz CT molecular complexity index is 202. The molecule has 0 unspecified atom stereocenters. The highest BCUT2D eigenvalue weighted by Gasteiger charge is 1.95. The van der Waals surface area contributed by atoms with Crippen LogP contribution in [0.25, 0.3) is 0 Å². The van der Waals surface area contributed by atoms with Crippen molar-refractivity contribution in [3.8, 4) is 11.5 Å². The first-order valence-electron chi connectivity index (χ1n) is 2.57. The van der Waals surface area contributed by atoms with E-state index in [1.54, 1.807) is 0 Å². The zero-order valence-corrected chi connectivity index (χ0v) is 5.22. The first-order valence-corrected chi connectivity index (χ1v) is 2.57. The zero-order valence-electron chi connectivity index (χ0n) is 5.22. The van der Waals surface area contributed by atoms with Crippen LogP contribution in [-0.4, -0.2) is 0 Å². The van der Waals surface area contributed by atoms with Gasteiger partial charge in [0.2, 0.25) is 0 Å². The Morgan fingerprint density at radius 3 is 1.44 bits per heavy atom. The van der Waals surface area contributed by atoms with Crippen molar-refractivity contribution in [3.63, 3.8) is 0 Å². The monoisotopic (exact) mass is 126 g/mol. The molecule has 0 aliphatic heterocycles. The van der Waals surface area contributed by atoms with Gasteiger partial charge >= 0.3 is 0 Å². The summed E-state index contributed by atoms with van der Waals surface area (Å²) in [7, 11) is 0. The molecule has 0 fully saturated rings. The predicted molar refractivity (Wildman–Crippen MR) is 27.1 cm³/mol. The minimum atomic E-state index is -0.521. The lowest BCUT2D eigenvalue weighted by atomic mass is 10.4. The van der Waals surface area contributed by atoms with E-state index in [1.807, 2.05) is 0 Å². The van der Waals surface area contributed by atoms with Crippen LogP contribution in [-0.2, 0) is 0 Å². The fraction of sp³-hybridized carbons (Fsp3) is 0.333. The van der Waals surface area contributed by atoms with Crippen LogP contribution in [0, 0.1) is 13.8 Å². The molecular formula is C6H6O3-2. The Hall–Kier alpha value is -1.12.